The van der Waals surface area contributed by atoms with E-state index in [9.17, 15) is 24.5 Å². The van der Waals surface area contributed by atoms with E-state index in [0.717, 1.165) is 9.37 Å². The van der Waals surface area contributed by atoms with Crippen LogP contribution in [0.5, 0.6) is 0 Å². The zero-order chi connectivity index (χ0) is 21.1. The van der Waals surface area contributed by atoms with Crippen LogP contribution in [0.3, 0.4) is 0 Å². The molecule has 0 saturated carbocycles. The molecule has 1 aliphatic rings. The Bertz CT molecular complexity index is 988. The highest BCUT2D eigenvalue weighted by molar-refractivity contribution is 9.10. The Hall–Kier alpha value is -3.33. The molecule has 1 heterocycles. The first-order valence-electron chi connectivity index (χ1n) is 8.62. The average Bonchev–Trinajstić information content (AvgIpc) is 3.00. The Morgan fingerprint density at radius 2 is 1.83 bits per heavy atom. The molecule has 1 unspecified atom stereocenters. The summed E-state index contributed by atoms with van der Waals surface area (Å²) in [6, 6.07) is 10.8. The summed E-state index contributed by atoms with van der Waals surface area (Å²) in [4.78, 5) is 51.0. The van der Waals surface area contributed by atoms with Crippen molar-refractivity contribution in [2.75, 3.05) is 11.4 Å². The number of anilines is 1. The molecule has 0 spiro atoms. The first-order valence-corrected chi connectivity index (χ1v) is 9.41. The number of imide groups is 1. The number of amides is 3. The lowest BCUT2D eigenvalue weighted by Crippen LogP contribution is -2.45. The van der Waals surface area contributed by atoms with E-state index in [1.165, 1.54) is 35.2 Å². The van der Waals surface area contributed by atoms with Crippen molar-refractivity contribution >= 4 is 45.0 Å². The number of nitrogens with zero attached hydrogens (tertiary/aromatic N) is 3. The molecule has 0 N–H and O–H groups in total. The third-order valence-electron chi connectivity index (χ3n) is 4.50. The quantitative estimate of drug-likeness (QED) is 0.286. The van der Waals surface area contributed by atoms with Gasteiger partial charge in [0.2, 0.25) is 5.91 Å². The van der Waals surface area contributed by atoms with E-state index in [2.05, 4.69) is 22.5 Å². The lowest BCUT2D eigenvalue weighted by atomic mass is 10.1. The third kappa shape index (κ3) is 4.09. The average molecular weight is 458 g/mol. The predicted molar refractivity (Wildman–Crippen MR) is 109 cm³/mol. The zero-order valence-corrected chi connectivity index (χ0v) is 16.7. The van der Waals surface area contributed by atoms with Gasteiger partial charge in [-0.15, -0.1) is 6.58 Å². The van der Waals surface area contributed by atoms with Gasteiger partial charge in [0.15, 0.2) is 0 Å². The maximum atomic E-state index is 13.0. The summed E-state index contributed by atoms with van der Waals surface area (Å²) in [5, 5.41) is 10.8. The molecule has 3 amide bonds. The predicted octanol–water partition coefficient (Wildman–Crippen LogP) is 3.32. The van der Waals surface area contributed by atoms with E-state index in [1.807, 2.05) is 0 Å². The van der Waals surface area contributed by atoms with Crippen molar-refractivity contribution < 1.29 is 19.3 Å². The SMILES string of the molecule is C=CCN(C(=O)c1ccc([N+](=O)[O-])cc1)C1CC(=O)N(c2ccc(Br)cc2)C1=O. The summed E-state index contributed by atoms with van der Waals surface area (Å²) >= 11 is 3.30. The number of hydrogen-bond donors (Lipinski definition) is 0. The van der Waals surface area contributed by atoms with Crippen LogP contribution in [0.25, 0.3) is 0 Å². The van der Waals surface area contributed by atoms with E-state index in [0.29, 0.717) is 5.69 Å². The monoisotopic (exact) mass is 457 g/mol. The number of benzene rings is 2. The minimum Gasteiger partial charge on any atom is -0.322 e. The normalized spacial score (nSPS) is 16.0. The van der Waals surface area contributed by atoms with Crippen LogP contribution in [-0.2, 0) is 9.59 Å². The van der Waals surface area contributed by atoms with E-state index in [-0.39, 0.29) is 24.2 Å². The molecule has 1 aliphatic heterocycles. The topological polar surface area (TPSA) is 101 Å². The maximum Gasteiger partial charge on any atom is 0.269 e. The van der Waals surface area contributed by atoms with Gasteiger partial charge in [-0.3, -0.25) is 24.5 Å². The van der Waals surface area contributed by atoms with E-state index < -0.39 is 28.7 Å². The van der Waals surface area contributed by atoms with Crippen LogP contribution in [0.15, 0.2) is 65.7 Å². The fourth-order valence-corrected chi connectivity index (χ4v) is 3.37. The second-order valence-corrected chi connectivity index (χ2v) is 7.23. The van der Waals surface area contributed by atoms with Gasteiger partial charge < -0.3 is 4.90 Å². The Labute approximate surface area is 174 Å². The number of non-ortho nitro benzene ring substituents is 1. The summed E-state index contributed by atoms with van der Waals surface area (Å²) in [7, 11) is 0. The number of carbonyl (C=O) groups excluding carboxylic acids is 3. The summed E-state index contributed by atoms with van der Waals surface area (Å²) in [5.74, 6) is -1.43. The Kier molecular flexibility index (Phi) is 5.88. The van der Waals surface area contributed by atoms with Crippen LogP contribution in [-0.4, -0.2) is 40.1 Å². The summed E-state index contributed by atoms with van der Waals surface area (Å²) in [6.07, 6.45) is 1.31. The van der Waals surface area contributed by atoms with Crippen molar-refractivity contribution in [1.29, 1.82) is 0 Å². The standard InChI is InChI=1S/C20H16BrN3O5/c1-2-11-22(19(26)13-3-7-16(8-4-13)24(28)29)17-12-18(25)23(20(17)27)15-9-5-14(21)6-10-15/h2-10,17H,1,11-12H2. The number of carbonyl (C=O) groups is 3. The number of nitro benzene ring substituents is 1. The van der Waals surface area contributed by atoms with Crippen LogP contribution in [0.4, 0.5) is 11.4 Å². The van der Waals surface area contributed by atoms with Crippen molar-refractivity contribution in [2.45, 2.75) is 12.5 Å². The summed E-state index contributed by atoms with van der Waals surface area (Å²) < 4.78 is 0.804. The molecule has 3 rings (SSSR count). The van der Waals surface area contributed by atoms with Crippen LogP contribution < -0.4 is 4.90 Å². The minimum atomic E-state index is -0.980. The number of halogens is 1. The lowest BCUT2D eigenvalue weighted by molar-refractivity contribution is -0.384. The molecule has 9 heteroatoms. The van der Waals surface area contributed by atoms with Crippen molar-refractivity contribution in [2.24, 2.45) is 0 Å². The van der Waals surface area contributed by atoms with Gasteiger partial charge in [-0.2, -0.15) is 0 Å². The molecule has 1 atom stereocenters. The van der Waals surface area contributed by atoms with Gasteiger partial charge in [-0.1, -0.05) is 22.0 Å². The first-order chi connectivity index (χ1) is 13.8. The van der Waals surface area contributed by atoms with Gasteiger partial charge in [0.05, 0.1) is 17.0 Å². The summed E-state index contributed by atoms with van der Waals surface area (Å²) in [6.45, 7) is 3.67. The molecular weight excluding hydrogens is 442 g/mol. The lowest BCUT2D eigenvalue weighted by Gasteiger charge is -2.26. The summed E-state index contributed by atoms with van der Waals surface area (Å²) in [5.41, 5.74) is 0.456. The van der Waals surface area contributed by atoms with Crippen molar-refractivity contribution in [3.63, 3.8) is 0 Å². The zero-order valence-electron chi connectivity index (χ0n) is 15.2. The highest BCUT2D eigenvalue weighted by Crippen LogP contribution is 2.28. The number of hydrogen-bond acceptors (Lipinski definition) is 5. The number of rotatable bonds is 6. The van der Waals surface area contributed by atoms with Gasteiger partial charge in [0, 0.05) is 28.7 Å². The van der Waals surface area contributed by atoms with Crippen LogP contribution >= 0.6 is 15.9 Å². The number of nitro groups is 1. The van der Waals surface area contributed by atoms with Crippen LogP contribution in [0.2, 0.25) is 0 Å². The molecule has 1 saturated heterocycles. The molecule has 1 fully saturated rings. The third-order valence-corrected chi connectivity index (χ3v) is 5.02. The van der Waals surface area contributed by atoms with E-state index in [1.54, 1.807) is 24.3 Å². The molecule has 8 nitrogen and oxygen atoms in total. The second-order valence-electron chi connectivity index (χ2n) is 6.31. The Morgan fingerprint density at radius 1 is 1.21 bits per heavy atom. The van der Waals surface area contributed by atoms with Gasteiger partial charge in [0.25, 0.3) is 17.5 Å². The van der Waals surface area contributed by atoms with Crippen molar-refractivity contribution in [3.05, 3.63) is 81.3 Å². The minimum absolute atomic E-state index is 0.0493. The first kappa shape index (κ1) is 20.4. The second kappa shape index (κ2) is 8.36. The fraction of sp³-hybridized carbons (Fsp3) is 0.150. The van der Waals surface area contributed by atoms with Gasteiger partial charge >= 0.3 is 0 Å². The largest absolute Gasteiger partial charge is 0.322 e. The highest BCUT2D eigenvalue weighted by atomic mass is 79.9. The van der Waals surface area contributed by atoms with Gasteiger partial charge in [0.1, 0.15) is 6.04 Å². The van der Waals surface area contributed by atoms with E-state index >= 15 is 0 Å². The Morgan fingerprint density at radius 3 is 2.38 bits per heavy atom. The molecule has 0 aromatic heterocycles. The molecule has 29 heavy (non-hydrogen) atoms. The maximum absolute atomic E-state index is 13.0. The molecule has 2 aromatic carbocycles. The van der Waals surface area contributed by atoms with Crippen molar-refractivity contribution in [3.8, 4) is 0 Å². The fourth-order valence-electron chi connectivity index (χ4n) is 3.10. The molecular formula is C20H16BrN3O5. The highest BCUT2D eigenvalue weighted by Gasteiger charge is 2.44. The smallest absolute Gasteiger partial charge is 0.269 e. The molecule has 148 valence electrons. The van der Waals surface area contributed by atoms with Gasteiger partial charge in [-0.05, 0) is 36.4 Å². The van der Waals surface area contributed by atoms with Crippen LogP contribution in [0, 0.1) is 10.1 Å². The van der Waals surface area contributed by atoms with Gasteiger partial charge in [-0.25, -0.2) is 4.90 Å². The molecule has 2 aromatic rings. The van der Waals surface area contributed by atoms with Crippen LogP contribution in [0.1, 0.15) is 16.8 Å². The van der Waals surface area contributed by atoms with Crippen molar-refractivity contribution in [1.82, 2.24) is 4.90 Å². The Balaban J connectivity index is 1.88. The molecule has 0 aliphatic carbocycles. The molecule has 0 radical (unpaired) electrons. The van der Waals surface area contributed by atoms with E-state index in [4.69, 9.17) is 0 Å². The molecule has 0 bridgehead atoms.